The third kappa shape index (κ3) is 2.30. The number of rotatable bonds is 5. The van der Waals surface area contributed by atoms with Gasteiger partial charge in [-0.3, -0.25) is 4.79 Å². The van der Waals surface area contributed by atoms with Crippen LogP contribution in [0, 0.1) is 5.41 Å². The number of nitrogens with one attached hydrogen (secondary N) is 1. The molecule has 0 aromatic heterocycles. The lowest BCUT2D eigenvalue weighted by Crippen LogP contribution is -2.43. The van der Waals surface area contributed by atoms with E-state index in [1.165, 1.54) is 0 Å². The highest BCUT2D eigenvalue weighted by atomic mass is 16.4. The molecule has 0 radical (unpaired) electrons. The van der Waals surface area contributed by atoms with Gasteiger partial charge in [0.15, 0.2) is 0 Å². The van der Waals surface area contributed by atoms with E-state index >= 15 is 0 Å². The molecule has 1 amide bonds. The summed E-state index contributed by atoms with van der Waals surface area (Å²) in [5, 5.41) is 11.7. The van der Waals surface area contributed by atoms with Crippen molar-refractivity contribution in [1.29, 1.82) is 0 Å². The molecule has 1 rings (SSSR count). The van der Waals surface area contributed by atoms with Gasteiger partial charge in [-0.05, 0) is 12.8 Å². The molecule has 0 spiro atoms. The van der Waals surface area contributed by atoms with Crippen LogP contribution in [0.25, 0.3) is 0 Å². The zero-order valence-corrected chi connectivity index (χ0v) is 9.38. The third-order valence-electron chi connectivity index (χ3n) is 3.17. The van der Waals surface area contributed by atoms with E-state index in [4.69, 9.17) is 5.11 Å². The maximum Gasteiger partial charge on any atom is 0.326 e. The standard InChI is InChI=1S/C11H19NO3/c1-3-5-11(6-4-2)7-8(13)12-9(11)10(14)15/h9H,3-7H2,1-2H3,(H,12,13)(H,14,15). The summed E-state index contributed by atoms with van der Waals surface area (Å²) in [6.45, 7) is 4.05. The van der Waals surface area contributed by atoms with E-state index in [2.05, 4.69) is 5.32 Å². The molecule has 2 N–H and O–H groups in total. The molecule has 1 heterocycles. The molecule has 15 heavy (non-hydrogen) atoms. The van der Waals surface area contributed by atoms with Crippen molar-refractivity contribution in [3.8, 4) is 0 Å². The average Bonchev–Trinajstić information content (AvgIpc) is 2.44. The normalized spacial score (nSPS) is 23.9. The van der Waals surface area contributed by atoms with Crippen LogP contribution in [0.5, 0.6) is 0 Å². The van der Waals surface area contributed by atoms with Gasteiger partial charge in [0, 0.05) is 11.8 Å². The molecule has 86 valence electrons. The van der Waals surface area contributed by atoms with Gasteiger partial charge in [-0.25, -0.2) is 4.79 Å². The minimum atomic E-state index is -0.900. The van der Waals surface area contributed by atoms with Crippen molar-refractivity contribution in [3.63, 3.8) is 0 Å². The van der Waals surface area contributed by atoms with E-state index in [9.17, 15) is 9.59 Å². The van der Waals surface area contributed by atoms with Gasteiger partial charge in [-0.1, -0.05) is 26.7 Å². The number of hydrogen-bond acceptors (Lipinski definition) is 2. The minimum Gasteiger partial charge on any atom is -0.480 e. The summed E-state index contributed by atoms with van der Waals surface area (Å²) in [5.74, 6) is -1.02. The summed E-state index contributed by atoms with van der Waals surface area (Å²) in [6.07, 6.45) is 3.80. The summed E-state index contributed by atoms with van der Waals surface area (Å²) in [7, 11) is 0. The van der Waals surface area contributed by atoms with E-state index in [-0.39, 0.29) is 11.3 Å². The number of carboxylic acids is 1. The zero-order valence-electron chi connectivity index (χ0n) is 9.38. The first-order valence-corrected chi connectivity index (χ1v) is 5.58. The molecule has 0 aromatic rings. The Morgan fingerprint density at radius 3 is 2.40 bits per heavy atom. The number of carbonyl (C=O) groups is 2. The van der Waals surface area contributed by atoms with Gasteiger partial charge in [0.25, 0.3) is 0 Å². The monoisotopic (exact) mass is 213 g/mol. The van der Waals surface area contributed by atoms with Gasteiger partial charge < -0.3 is 10.4 Å². The molecule has 1 fully saturated rings. The van der Waals surface area contributed by atoms with E-state index in [0.717, 1.165) is 25.7 Å². The zero-order chi connectivity index (χ0) is 11.5. The Kier molecular flexibility index (Phi) is 3.72. The Hall–Kier alpha value is -1.06. The molecule has 1 atom stereocenters. The lowest BCUT2D eigenvalue weighted by molar-refractivity contribution is -0.142. The van der Waals surface area contributed by atoms with Gasteiger partial charge in [0.05, 0.1) is 0 Å². The predicted octanol–water partition coefficient (Wildman–Crippen LogP) is 1.55. The molecular weight excluding hydrogens is 194 g/mol. The molecular formula is C11H19NO3. The van der Waals surface area contributed by atoms with Gasteiger partial charge >= 0.3 is 5.97 Å². The third-order valence-corrected chi connectivity index (χ3v) is 3.17. The maximum atomic E-state index is 11.3. The van der Waals surface area contributed by atoms with Crippen molar-refractivity contribution in [2.24, 2.45) is 5.41 Å². The van der Waals surface area contributed by atoms with Gasteiger partial charge in [0.1, 0.15) is 6.04 Å². The van der Waals surface area contributed by atoms with E-state index < -0.39 is 12.0 Å². The Labute approximate surface area is 90.0 Å². The van der Waals surface area contributed by atoms with Gasteiger partial charge in [0.2, 0.25) is 5.91 Å². The molecule has 0 aromatic carbocycles. The van der Waals surface area contributed by atoms with Crippen LogP contribution in [-0.4, -0.2) is 23.0 Å². The summed E-state index contributed by atoms with van der Waals surface area (Å²) in [4.78, 5) is 22.4. The fourth-order valence-corrected chi connectivity index (χ4v) is 2.70. The first-order valence-electron chi connectivity index (χ1n) is 5.58. The fraction of sp³-hybridized carbons (Fsp3) is 0.818. The smallest absolute Gasteiger partial charge is 0.326 e. The molecule has 0 saturated carbocycles. The second kappa shape index (κ2) is 4.64. The number of amides is 1. The fourth-order valence-electron chi connectivity index (χ4n) is 2.70. The molecule has 1 aliphatic rings. The largest absolute Gasteiger partial charge is 0.480 e. The molecule has 1 saturated heterocycles. The number of hydrogen-bond donors (Lipinski definition) is 2. The van der Waals surface area contributed by atoms with E-state index in [1.54, 1.807) is 0 Å². The number of carboxylic acid groups (broad SMARTS) is 1. The van der Waals surface area contributed by atoms with Crippen molar-refractivity contribution >= 4 is 11.9 Å². The van der Waals surface area contributed by atoms with Crippen LogP contribution in [0.2, 0.25) is 0 Å². The Morgan fingerprint density at radius 2 is 2.00 bits per heavy atom. The summed E-state index contributed by atoms with van der Waals surface area (Å²) in [6, 6.07) is -0.690. The van der Waals surface area contributed by atoms with Crippen LogP contribution in [-0.2, 0) is 9.59 Å². The summed E-state index contributed by atoms with van der Waals surface area (Å²) < 4.78 is 0. The molecule has 1 unspecified atom stereocenters. The number of carbonyl (C=O) groups excluding carboxylic acids is 1. The average molecular weight is 213 g/mol. The molecule has 4 nitrogen and oxygen atoms in total. The predicted molar refractivity (Wildman–Crippen MR) is 56.4 cm³/mol. The minimum absolute atomic E-state index is 0.121. The second-order valence-electron chi connectivity index (χ2n) is 4.38. The van der Waals surface area contributed by atoms with Gasteiger partial charge in [-0.15, -0.1) is 0 Å². The van der Waals surface area contributed by atoms with Crippen LogP contribution in [0.4, 0.5) is 0 Å². The molecule has 4 heteroatoms. The Bertz CT molecular complexity index is 257. The van der Waals surface area contributed by atoms with Crippen LogP contribution in [0.15, 0.2) is 0 Å². The highest BCUT2D eigenvalue weighted by Crippen LogP contribution is 2.41. The van der Waals surface area contributed by atoms with Crippen molar-refractivity contribution in [3.05, 3.63) is 0 Å². The maximum absolute atomic E-state index is 11.3. The molecule has 0 aliphatic carbocycles. The Morgan fingerprint density at radius 1 is 1.47 bits per heavy atom. The highest BCUT2D eigenvalue weighted by molar-refractivity contribution is 5.89. The Balaban J connectivity index is 2.91. The van der Waals surface area contributed by atoms with Crippen molar-refractivity contribution in [2.45, 2.75) is 52.0 Å². The van der Waals surface area contributed by atoms with E-state index in [0.29, 0.717) is 6.42 Å². The second-order valence-corrected chi connectivity index (χ2v) is 4.38. The van der Waals surface area contributed by atoms with Crippen molar-refractivity contribution in [1.82, 2.24) is 5.32 Å². The van der Waals surface area contributed by atoms with Crippen LogP contribution in [0.3, 0.4) is 0 Å². The summed E-state index contributed by atoms with van der Waals surface area (Å²) in [5.41, 5.74) is -0.355. The lowest BCUT2D eigenvalue weighted by atomic mass is 9.73. The van der Waals surface area contributed by atoms with E-state index in [1.807, 2.05) is 13.8 Å². The molecule has 1 aliphatic heterocycles. The summed E-state index contributed by atoms with van der Waals surface area (Å²) >= 11 is 0. The SMILES string of the molecule is CCCC1(CCC)CC(=O)NC1C(=O)O. The van der Waals surface area contributed by atoms with Crippen molar-refractivity contribution < 1.29 is 14.7 Å². The molecule has 0 bridgehead atoms. The van der Waals surface area contributed by atoms with Crippen LogP contribution < -0.4 is 5.32 Å². The highest BCUT2D eigenvalue weighted by Gasteiger charge is 2.49. The lowest BCUT2D eigenvalue weighted by Gasteiger charge is -2.31. The first kappa shape index (κ1) is 12.0. The topological polar surface area (TPSA) is 66.4 Å². The van der Waals surface area contributed by atoms with Crippen LogP contribution >= 0.6 is 0 Å². The van der Waals surface area contributed by atoms with Crippen LogP contribution in [0.1, 0.15) is 46.0 Å². The van der Waals surface area contributed by atoms with Gasteiger partial charge in [-0.2, -0.15) is 0 Å². The quantitative estimate of drug-likeness (QED) is 0.728. The van der Waals surface area contributed by atoms with Crippen molar-refractivity contribution in [2.75, 3.05) is 0 Å². The number of aliphatic carboxylic acids is 1. The first-order chi connectivity index (χ1) is 7.05.